The van der Waals surface area contributed by atoms with E-state index >= 15 is 0 Å². The number of amides is 2. The maximum absolute atomic E-state index is 12.5. The first-order valence-corrected chi connectivity index (χ1v) is 10.6. The molecule has 3 N–H and O–H groups in total. The van der Waals surface area contributed by atoms with E-state index in [0.717, 1.165) is 42.8 Å². The van der Waals surface area contributed by atoms with E-state index in [1.54, 1.807) is 11.1 Å². The van der Waals surface area contributed by atoms with Gasteiger partial charge in [-0.2, -0.15) is 4.98 Å². The van der Waals surface area contributed by atoms with Crippen LogP contribution in [0.15, 0.2) is 36.5 Å². The summed E-state index contributed by atoms with van der Waals surface area (Å²) in [4.78, 5) is 25.1. The van der Waals surface area contributed by atoms with Gasteiger partial charge >= 0.3 is 6.03 Å². The predicted octanol–water partition coefficient (Wildman–Crippen LogP) is 4.15. The molecule has 0 atom stereocenters. The van der Waals surface area contributed by atoms with Gasteiger partial charge in [0.2, 0.25) is 5.95 Å². The van der Waals surface area contributed by atoms with Gasteiger partial charge < -0.3 is 16.0 Å². The van der Waals surface area contributed by atoms with E-state index in [2.05, 4.69) is 42.1 Å². The zero-order valence-corrected chi connectivity index (χ0v) is 18.7. The Balaban J connectivity index is 1.71. The molecule has 162 valence electrons. The summed E-state index contributed by atoms with van der Waals surface area (Å²) in [7, 11) is 3.93. The fraction of sp³-hybridized carbons (Fsp3) is 0.522. The lowest BCUT2D eigenvalue weighted by molar-refractivity contribution is 0.248. The largest absolute Gasteiger partial charge is 0.363 e. The number of para-hydroxylation sites is 1. The van der Waals surface area contributed by atoms with Crippen LogP contribution in [-0.4, -0.2) is 42.2 Å². The van der Waals surface area contributed by atoms with Gasteiger partial charge in [-0.15, -0.1) is 0 Å². The summed E-state index contributed by atoms with van der Waals surface area (Å²) in [5, 5.41) is 3.46. The van der Waals surface area contributed by atoms with Crippen LogP contribution in [0.2, 0.25) is 0 Å². The van der Waals surface area contributed by atoms with Crippen LogP contribution in [0.4, 0.5) is 22.2 Å². The number of anilines is 3. The molecule has 1 aromatic carbocycles. The number of nitrogens with zero attached hydrogens (tertiary/aromatic N) is 4. The Morgan fingerprint density at radius 3 is 2.37 bits per heavy atom. The summed E-state index contributed by atoms with van der Waals surface area (Å²) in [5.41, 5.74) is 7.85. The molecule has 30 heavy (non-hydrogen) atoms. The summed E-state index contributed by atoms with van der Waals surface area (Å²) < 4.78 is 0. The Labute approximate surface area is 179 Å². The quantitative estimate of drug-likeness (QED) is 0.773. The molecule has 2 aromatic rings. The van der Waals surface area contributed by atoms with E-state index in [1.807, 2.05) is 43.3 Å². The molecule has 1 aliphatic carbocycles. The fourth-order valence-corrected chi connectivity index (χ4v) is 4.14. The number of carbonyl (C=O) groups excluding carboxylic acids is 1. The van der Waals surface area contributed by atoms with Gasteiger partial charge in [-0.3, -0.25) is 4.90 Å². The molecule has 0 bridgehead atoms. The lowest BCUT2D eigenvalue weighted by atomic mass is 9.84. The number of aromatic nitrogens is 2. The smallest absolute Gasteiger partial charge is 0.319 e. The molecule has 2 amide bonds. The van der Waals surface area contributed by atoms with Crippen LogP contribution in [0.5, 0.6) is 0 Å². The van der Waals surface area contributed by atoms with E-state index in [0.29, 0.717) is 5.95 Å². The normalized spacial score (nSPS) is 19.2. The maximum Gasteiger partial charge on any atom is 0.319 e. The van der Waals surface area contributed by atoms with Gasteiger partial charge in [0.15, 0.2) is 0 Å². The first-order valence-electron chi connectivity index (χ1n) is 10.6. The number of rotatable bonds is 5. The maximum atomic E-state index is 12.5. The molecule has 0 spiro atoms. The van der Waals surface area contributed by atoms with Gasteiger partial charge in [0.25, 0.3) is 0 Å². The van der Waals surface area contributed by atoms with Gasteiger partial charge in [0, 0.05) is 38.1 Å². The molecule has 0 aliphatic heterocycles. The third kappa shape index (κ3) is 5.01. The number of carbonyl (C=O) groups is 1. The van der Waals surface area contributed by atoms with Crippen molar-refractivity contribution in [1.29, 1.82) is 0 Å². The van der Waals surface area contributed by atoms with Crippen molar-refractivity contribution in [3.8, 4) is 0 Å². The van der Waals surface area contributed by atoms with E-state index in [1.165, 1.54) is 0 Å². The third-order valence-electron chi connectivity index (χ3n) is 5.70. The van der Waals surface area contributed by atoms with E-state index < -0.39 is 0 Å². The minimum atomic E-state index is -0.384. The topological polar surface area (TPSA) is 87.4 Å². The molecule has 1 aromatic heterocycles. The Kier molecular flexibility index (Phi) is 6.48. The summed E-state index contributed by atoms with van der Waals surface area (Å²) in [6.07, 6.45) is 5.40. The highest BCUT2D eigenvalue weighted by molar-refractivity contribution is 5.92. The lowest BCUT2D eigenvalue weighted by Crippen LogP contribution is -2.47. The molecule has 0 radical (unpaired) electrons. The molecule has 3 rings (SSSR count). The van der Waals surface area contributed by atoms with Crippen molar-refractivity contribution < 1.29 is 4.79 Å². The molecule has 1 saturated carbocycles. The number of nitrogens with one attached hydrogen (secondary N) is 1. The minimum Gasteiger partial charge on any atom is -0.363 e. The van der Waals surface area contributed by atoms with Crippen LogP contribution < -0.4 is 20.9 Å². The Morgan fingerprint density at radius 1 is 1.10 bits per heavy atom. The Hall–Kier alpha value is -2.83. The Morgan fingerprint density at radius 2 is 1.77 bits per heavy atom. The van der Waals surface area contributed by atoms with Gasteiger partial charge in [0.05, 0.1) is 0 Å². The van der Waals surface area contributed by atoms with Crippen molar-refractivity contribution in [1.82, 2.24) is 9.97 Å². The molecule has 7 nitrogen and oxygen atoms in total. The fourth-order valence-electron chi connectivity index (χ4n) is 4.14. The van der Waals surface area contributed by atoms with Crippen molar-refractivity contribution in [2.75, 3.05) is 29.2 Å². The van der Waals surface area contributed by atoms with E-state index in [9.17, 15) is 4.79 Å². The molecule has 0 saturated heterocycles. The number of benzene rings is 1. The highest BCUT2D eigenvalue weighted by Gasteiger charge is 2.32. The minimum absolute atomic E-state index is 0.0716. The van der Waals surface area contributed by atoms with Crippen molar-refractivity contribution >= 4 is 23.5 Å². The number of nitrogens with two attached hydrogens (primary N) is 1. The average molecular weight is 411 g/mol. The zero-order valence-electron chi connectivity index (χ0n) is 18.7. The average Bonchev–Trinajstić information content (AvgIpc) is 2.69. The van der Waals surface area contributed by atoms with Crippen molar-refractivity contribution in [3.05, 3.63) is 42.1 Å². The monoisotopic (exact) mass is 410 g/mol. The third-order valence-corrected chi connectivity index (χ3v) is 5.70. The summed E-state index contributed by atoms with van der Waals surface area (Å²) in [5.74, 6) is 1.52. The molecular weight excluding hydrogens is 376 g/mol. The number of hydrogen-bond acceptors (Lipinski definition) is 5. The van der Waals surface area contributed by atoms with Crippen LogP contribution in [0.25, 0.3) is 0 Å². The van der Waals surface area contributed by atoms with Crippen molar-refractivity contribution in [2.24, 2.45) is 5.73 Å². The second-order valence-electron chi connectivity index (χ2n) is 9.26. The molecule has 1 aliphatic rings. The van der Waals surface area contributed by atoms with Crippen molar-refractivity contribution in [3.63, 3.8) is 0 Å². The van der Waals surface area contributed by atoms with Crippen LogP contribution >= 0.6 is 0 Å². The summed E-state index contributed by atoms with van der Waals surface area (Å²) in [6.45, 7) is 6.48. The molecule has 1 fully saturated rings. The van der Waals surface area contributed by atoms with Crippen LogP contribution in [0.1, 0.15) is 52.0 Å². The van der Waals surface area contributed by atoms with Gasteiger partial charge in [0.1, 0.15) is 5.82 Å². The predicted molar refractivity (Wildman–Crippen MR) is 123 cm³/mol. The SMILES string of the molecule is CN(C)c1ccnc(NC2CCC(N(C(N)=O)c3ccccc3C(C)(C)C)CC2)n1. The first kappa shape index (κ1) is 21.9. The van der Waals surface area contributed by atoms with Gasteiger partial charge in [-0.1, -0.05) is 39.0 Å². The standard InChI is InChI=1S/C23H34N6O/c1-23(2,3)18-8-6-7-9-19(18)29(21(24)30)17-12-10-16(11-13-17)26-22-25-15-14-20(27-22)28(4)5/h6-9,14-17H,10-13H2,1-5H3,(H2,24,30)(H,25,26,27). The second kappa shape index (κ2) is 8.90. The second-order valence-corrected chi connectivity index (χ2v) is 9.26. The molecule has 7 heteroatoms. The van der Waals surface area contributed by atoms with Crippen LogP contribution in [0.3, 0.4) is 0 Å². The molecular formula is C23H34N6O. The molecule has 1 heterocycles. The summed E-state index contributed by atoms with van der Waals surface area (Å²) >= 11 is 0. The van der Waals surface area contributed by atoms with E-state index in [4.69, 9.17) is 5.73 Å². The number of hydrogen-bond donors (Lipinski definition) is 2. The van der Waals surface area contributed by atoms with E-state index in [-0.39, 0.29) is 23.5 Å². The molecule has 0 unspecified atom stereocenters. The van der Waals surface area contributed by atoms with Crippen LogP contribution in [0, 0.1) is 0 Å². The summed E-state index contributed by atoms with van der Waals surface area (Å²) in [6, 6.07) is 9.98. The zero-order chi connectivity index (χ0) is 21.9. The Bertz CT molecular complexity index is 868. The van der Waals surface area contributed by atoms with Gasteiger partial charge in [-0.05, 0) is 48.8 Å². The number of primary amides is 1. The highest BCUT2D eigenvalue weighted by atomic mass is 16.2. The first-order chi connectivity index (χ1) is 14.2. The van der Waals surface area contributed by atoms with Gasteiger partial charge in [-0.25, -0.2) is 9.78 Å². The highest BCUT2D eigenvalue weighted by Crippen LogP contribution is 2.36. The number of urea groups is 1. The lowest BCUT2D eigenvalue weighted by Gasteiger charge is -2.38. The van der Waals surface area contributed by atoms with Crippen LogP contribution in [-0.2, 0) is 5.41 Å². The van der Waals surface area contributed by atoms with Crippen molar-refractivity contribution in [2.45, 2.75) is 64.0 Å².